The molecule has 2 aromatic heterocycles. The lowest BCUT2D eigenvalue weighted by molar-refractivity contribution is 0.0688. The molecule has 0 fully saturated rings. The minimum Gasteiger partial charge on any atom is -0.476 e. The van der Waals surface area contributed by atoms with Crippen LogP contribution in [0.5, 0.6) is 0 Å². The van der Waals surface area contributed by atoms with Crippen molar-refractivity contribution in [1.82, 2.24) is 14.3 Å². The molecule has 0 radical (unpaired) electrons. The number of benzene rings is 1. The predicted molar refractivity (Wildman–Crippen MR) is 113 cm³/mol. The van der Waals surface area contributed by atoms with Gasteiger partial charge in [-0.15, -0.1) is 0 Å². The number of nitrogens with one attached hydrogen (secondary N) is 1. The van der Waals surface area contributed by atoms with Gasteiger partial charge in [0.25, 0.3) is 5.56 Å². The molecule has 29 heavy (non-hydrogen) atoms. The third-order valence-corrected chi connectivity index (χ3v) is 4.98. The molecule has 0 saturated carbocycles. The predicted octanol–water partition coefficient (Wildman–Crippen LogP) is 4.37. The number of aromatic nitrogens is 3. The Hall–Kier alpha value is -2.77. The number of hydrogen-bond donors (Lipinski definition) is 2. The molecule has 0 spiro atoms. The average molecular weight is 435 g/mol. The number of halogens is 2. The molecular formula is C20H20Cl2N4O3. The Morgan fingerprint density at radius 3 is 2.38 bits per heavy atom. The van der Waals surface area contributed by atoms with E-state index in [1.807, 2.05) is 26.0 Å². The number of hydrogen-bond acceptors (Lipinski definition) is 4. The van der Waals surface area contributed by atoms with E-state index in [0.29, 0.717) is 16.3 Å². The molecule has 1 aromatic carbocycles. The van der Waals surface area contributed by atoms with Gasteiger partial charge in [-0.25, -0.2) is 4.79 Å². The van der Waals surface area contributed by atoms with Crippen molar-refractivity contribution in [2.45, 2.75) is 25.9 Å². The van der Waals surface area contributed by atoms with E-state index >= 15 is 0 Å². The van der Waals surface area contributed by atoms with Gasteiger partial charge in [-0.05, 0) is 37.6 Å². The lowest BCUT2D eigenvalue weighted by Gasteiger charge is -2.21. The number of carbonyl (C=O) groups is 1. The van der Waals surface area contributed by atoms with Crippen LogP contribution < -0.4 is 10.9 Å². The van der Waals surface area contributed by atoms with Crippen molar-refractivity contribution in [3.05, 3.63) is 79.9 Å². The fourth-order valence-corrected chi connectivity index (χ4v) is 3.34. The zero-order valence-electron chi connectivity index (χ0n) is 16.1. The number of pyridine rings is 1. The molecule has 2 N–H and O–H groups in total. The van der Waals surface area contributed by atoms with Crippen molar-refractivity contribution in [2.75, 3.05) is 5.32 Å². The van der Waals surface area contributed by atoms with Gasteiger partial charge in [-0.2, -0.15) is 5.10 Å². The van der Waals surface area contributed by atoms with Crippen LogP contribution in [0.15, 0.2) is 47.5 Å². The SMILES string of the molecule is CC(C)n1cc(C(Nc2cc(Cl)c(=O)n(C)c2)c2ccc(Cl)cc2)c(C(=O)O)n1. The smallest absolute Gasteiger partial charge is 0.356 e. The van der Waals surface area contributed by atoms with Crippen molar-refractivity contribution >= 4 is 34.9 Å². The van der Waals surface area contributed by atoms with Crippen LogP contribution in [0.1, 0.15) is 47.5 Å². The Kier molecular flexibility index (Phi) is 6.00. The number of rotatable bonds is 6. The van der Waals surface area contributed by atoms with E-state index in [-0.39, 0.29) is 22.3 Å². The summed E-state index contributed by atoms with van der Waals surface area (Å²) < 4.78 is 2.97. The summed E-state index contributed by atoms with van der Waals surface area (Å²) in [4.78, 5) is 23.8. The van der Waals surface area contributed by atoms with Gasteiger partial charge < -0.3 is 15.0 Å². The van der Waals surface area contributed by atoms with Crippen molar-refractivity contribution < 1.29 is 9.90 Å². The van der Waals surface area contributed by atoms with Crippen molar-refractivity contribution in [1.29, 1.82) is 0 Å². The summed E-state index contributed by atoms with van der Waals surface area (Å²) in [6.07, 6.45) is 3.31. The maximum Gasteiger partial charge on any atom is 0.356 e. The van der Waals surface area contributed by atoms with Gasteiger partial charge in [0.05, 0.1) is 11.7 Å². The Labute approximate surface area is 177 Å². The van der Waals surface area contributed by atoms with E-state index < -0.39 is 12.0 Å². The summed E-state index contributed by atoms with van der Waals surface area (Å²) in [7, 11) is 1.59. The Balaban J connectivity index is 2.15. The molecule has 1 unspecified atom stereocenters. The Morgan fingerprint density at radius 2 is 1.83 bits per heavy atom. The fraction of sp³-hybridized carbons (Fsp3) is 0.250. The molecule has 0 aliphatic rings. The normalized spacial score (nSPS) is 12.2. The van der Waals surface area contributed by atoms with E-state index in [9.17, 15) is 14.7 Å². The van der Waals surface area contributed by atoms with E-state index in [0.717, 1.165) is 5.56 Å². The lowest BCUT2D eigenvalue weighted by Crippen LogP contribution is -2.20. The van der Waals surface area contributed by atoms with Crippen LogP contribution in [0.4, 0.5) is 5.69 Å². The molecule has 0 aliphatic carbocycles. The first kappa shape index (κ1) is 21.0. The number of carboxylic acid groups (broad SMARTS) is 1. The monoisotopic (exact) mass is 434 g/mol. The van der Waals surface area contributed by atoms with Gasteiger partial charge in [-0.1, -0.05) is 35.3 Å². The van der Waals surface area contributed by atoms with Crippen LogP contribution in [-0.2, 0) is 7.05 Å². The highest BCUT2D eigenvalue weighted by Crippen LogP contribution is 2.31. The second-order valence-corrected chi connectivity index (χ2v) is 7.78. The number of nitrogens with zero attached hydrogens (tertiary/aromatic N) is 3. The summed E-state index contributed by atoms with van der Waals surface area (Å²) in [6, 6.07) is 8.02. The van der Waals surface area contributed by atoms with Gasteiger partial charge >= 0.3 is 5.97 Å². The minimum atomic E-state index is -1.13. The van der Waals surface area contributed by atoms with Crippen LogP contribution >= 0.6 is 23.2 Å². The fourth-order valence-electron chi connectivity index (χ4n) is 2.96. The molecule has 3 rings (SSSR count). The van der Waals surface area contributed by atoms with E-state index in [2.05, 4.69) is 10.4 Å². The first-order valence-corrected chi connectivity index (χ1v) is 9.63. The third kappa shape index (κ3) is 4.46. The zero-order valence-corrected chi connectivity index (χ0v) is 17.6. The minimum absolute atomic E-state index is 0.0142. The van der Waals surface area contributed by atoms with Crippen LogP contribution in [0.25, 0.3) is 0 Å². The highest BCUT2D eigenvalue weighted by Gasteiger charge is 2.26. The number of aryl methyl sites for hydroxylation is 1. The van der Waals surface area contributed by atoms with Crippen molar-refractivity contribution in [3.8, 4) is 0 Å². The van der Waals surface area contributed by atoms with Crippen molar-refractivity contribution in [2.24, 2.45) is 7.05 Å². The van der Waals surface area contributed by atoms with Gasteiger partial charge in [0.15, 0.2) is 5.69 Å². The summed E-state index contributed by atoms with van der Waals surface area (Å²) in [5, 5.41) is 17.8. The molecule has 0 aliphatic heterocycles. The Bertz CT molecular complexity index is 1080. The highest BCUT2D eigenvalue weighted by atomic mass is 35.5. The van der Waals surface area contributed by atoms with E-state index in [1.165, 1.54) is 10.6 Å². The quantitative estimate of drug-likeness (QED) is 0.600. The van der Waals surface area contributed by atoms with Gasteiger partial charge in [0.2, 0.25) is 0 Å². The molecule has 3 aromatic rings. The maximum absolute atomic E-state index is 11.9. The third-order valence-electron chi connectivity index (χ3n) is 4.46. The number of aromatic carboxylic acids is 1. The standard InChI is InChI=1S/C20H20Cl2N4O3/c1-11(2)26-10-15(18(24-26)20(28)29)17(12-4-6-13(21)7-5-12)23-14-8-16(22)19(27)25(3)9-14/h4-11,17,23H,1-3H3,(H,28,29). The molecule has 0 amide bonds. The lowest BCUT2D eigenvalue weighted by atomic mass is 9.98. The largest absolute Gasteiger partial charge is 0.476 e. The molecule has 152 valence electrons. The molecule has 1 atom stereocenters. The summed E-state index contributed by atoms with van der Waals surface area (Å²) in [5.41, 5.74) is 1.45. The van der Waals surface area contributed by atoms with Crippen molar-refractivity contribution in [3.63, 3.8) is 0 Å². The van der Waals surface area contributed by atoms with Crippen LogP contribution in [0.3, 0.4) is 0 Å². The van der Waals surface area contributed by atoms with E-state index in [1.54, 1.807) is 36.3 Å². The summed E-state index contributed by atoms with van der Waals surface area (Å²) >= 11 is 12.1. The highest BCUT2D eigenvalue weighted by molar-refractivity contribution is 6.30. The first-order chi connectivity index (χ1) is 13.7. The number of anilines is 1. The summed E-state index contributed by atoms with van der Waals surface area (Å²) in [6.45, 7) is 3.83. The summed E-state index contributed by atoms with van der Waals surface area (Å²) in [5.74, 6) is -1.13. The molecule has 2 heterocycles. The van der Waals surface area contributed by atoms with E-state index in [4.69, 9.17) is 23.2 Å². The van der Waals surface area contributed by atoms with Gasteiger partial charge in [-0.3, -0.25) is 9.48 Å². The second kappa shape index (κ2) is 8.31. The molecule has 0 saturated heterocycles. The van der Waals surface area contributed by atoms with Gasteiger partial charge in [0.1, 0.15) is 5.02 Å². The molecule has 0 bridgehead atoms. The van der Waals surface area contributed by atoms with Crippen LogP contribution in [0, 0.1) is 0 Å². The molecule has 7 nitrogen and oxygen atoms in total. The van der Waals surface area contributed by atoms with Crippen LogP contribution in [-0.4, -0.2) is 25.4 Å². The maximum atomic E-state index is 11.9. The molecule has 9 heteroatoms. The Morgan fingerprint density at radius 1 is 1.17 bits per heavy atom. The topological polar surface area (TPSA) is 89.2 Å². The van der Waals surface area contributed by atoms with Gasteiger partial charge in [0, 0.05) is 36.1 Å². The number of carboxylic acids is 1. The average Bonchev–Trinajstić information content (AvgIpc) is 3.11. The van der Waals surface area contributed by atoms with Crippen LogP contribution in [0.2, 0.25) is 10.0 Å². The second-order valence-electron chi connectivity index (χ2n) is 6.93. The zero-order chi connectivity index (χ0) is 21.3. The first-order valence-electron chi connectivity index (χ1n) is 8.88. The molecular weight excluding hydrogens is 415 g/mol.